The van der Waals surface area contributed by atoms with Crippen molar-refractivity contribution in [3.8, 4) is 11.1 Å². The zero-order valence-electron chi connectivity index (χ0n) is 13.9. The van der Waals surface area contributed by atoms with Crippen LogP contribution in [0.4, 0.5) is 5.82 Å². The van der Waals surface area contributed by atoms with Crippen LogP contribution in [0.15, 0.2) is 36.5 Å². The molecule has 1 saturated heterocycles. The summed E-state index contributed by atoms with van der Waals surface area (Å²) in [4.78, 5) is 12.5. The lowest BCUT2D eigenvalue weighted by molar-refractivity contribution is -0.124. The van der Waals surface area contributed by atoms with Crippen molar-refractivity contribution < 1.29 is 9.53 Å². The largest absolute Gasteiger partial charge is 0.368 e. The Morgan fingerprint density at radius 2 is 2.04 bits per heavy atom. The number of benzene rings is 1. The molecule has 0 aliphatic carbocycles. The van der Waals surface area contributed by atoms with E-state index in [0.717, 1.165) is 29.8 Å². The number of nitrogens with one attached hydrogen (secondary N) is 1. The molecule has 23 heavy (non-hydrogen) atoms. The maximum atomic E-state index is 12.5. The molecule has 0 radical (unpaired) electrons. The minimum absolute atomic E-state index is 0.0920. The van der Waals surface area contributed by atoms with Gasteiger partial charge in [0.1, 0.15) is 11.9 Å². The summed E-state index contributed by atoms with van der Waals surface area (Å²) >= 11 is 0. The highest BCUT2D eigenvalue weighted by molar-refractivity contribution is 5.97. The zero-order chi connectivity index (χ0) is 16.4. The number of ether oxygens (including phenoxy) is 1. The third kappa shape index (κ3) is 3.29. The summed E-state index contributed by atoms with van der Waals surface area (Å²) in [7, 11) is 0. The highest BCUT2D eigenvalue weighted by atomic mass is 16.5. The summed E-state index contributed by atoms with van der Waals surface area (Å²) in [6.07, 6.45) is 3.16. The molecule has 1 aliphatic rings. The summed E-state index contributed by atoms with van der Waals surface area (Å²) in [5, 5.41) is 7.55. The van der Waals surface area contributed by atoms with Crippen molar-refractivity contribution in [1.82, 2.24) is 9.78 Å². The molecule has 0 saturated carbocycles. The molecule has 0 bridgehead atoms. The molecule has 5 nitrogen and oxygen atoms in total. The summed E-state index contributed by atoms with van der Waals surface area (Å²) in [5.74, 6) is 0.634. The van der Waals surface area contributed by atoms with Crippen LogP contribution in [-0.2, 0) is 15.1 Å². The van der Waals surface area contributed by atoms with E-state index in [1.807, 2.05) is 41.2 Å². The molecule has 0 spiro atoms. The van der Waals surface area contributed by atoms with E-state index in [1.165, 1.54) is 0 Å². The van der Waals surface area contributed by atoms with Crippen LogP contribution in [0.25, 0.3) is 11.1 Å². The minimum Gasteiger partial charge on any atom is -0.368 e. The second-order valence-electron chi connectivity index (χ2n) is 6.85. The average Bonchev–Trinajstić information content (AvgIpc) is 3.17. The second kappa shape index (κ2) is 6.16. The molecule has 3 rings (SSSR count). The first-order valence-electron chi connectivity index (χ1n) is 8.03. The summed E-state index contributed by atoms with van der Waals surface area (Å²) in [5.41, 5.74) is 1.73. The average molecular weight is 313 g/mol. The smallest absolute Gasteiger partial charge is 0.254 e. The van der Waals surface area contributed by atoms with Crippen LogP contribution < -0.4 is 5.32 Å². The topological polar surface area (TPSA) is 56.2 Å². The fraction of sp³-hybridized carbons (Fsp3) is 0.444. The minimum atomic E-state index is -0.359. The Balaban J connectivity index is 1.98. The van der Waals surface area contributed by atoms with Crippen LogP contribution in [0.1, 0.15) is 33.6 Å². The Morgan fingerprint density at radius 3 is 2.65 bits per heavy atom. The van der Waals surface area contributed by atoms with Crippen molar-refractivity contribution in [3.05, 3.63) is 36.5 Å². The predicted octanol–water partition coefficient (Wildman–Crippen LogP) is 3.42. The highest BCUT2D eigenvalue weighted by Gasteiger charge is 2.28. The third-order valence-electron chi connectivity index (χ3n) is 3.95. The number of amides is 1. The van der Waals surface area contributed by atoms with Crippen molar-refractivity contribution in [1.29, 1.82) is 0 Å². The Hall–Kier alpha value is -2.14. The van der Waals surface area contributed by atoms with Gasteiger partial charge in [0.05, 0.1) is 11.7 Å². The molecule has 1 fully saturated rings. The molecule has 2 heterocycles. The fourth-order valence-electron chi connectivity index (χ4n) is 2.79. The molecule has 1 N–H and O–H groups in total. The summed E-state index contributed by atoms with van der Waals surface area (Å²) in [6, 6.07) is 9.98. The van der Waals surface area contributed by atoms with E-state index >= 15 is 0 Å². The van der Waals surface area contributed by atoms with Crippen LogP contribution in [-0.4, -0.2) is 28.4 Å². The van der Waals surface area contributed by atoms with Crippen molar-refractivity contribution in [2.45, 2.75) is 45.3 Å². The van der Waals surface area contributed by atoms with Gasteiger partial charge in [0.2, 0.25) is 0 Å². The number of rotatable bonds is 3. The number of anilines is 1. The predicted molar refractivity (Wildman–Crippen MR) is 90.3 cm³/mol. The van der Waals surface area contributed by atoms with Crippen molar-refractivity contribution >= 4 is 11.7 Å². The van der Waals surface area contributed by atoms with Crippen LogP contribution >= 0.6 is 0 Å². The fourth-order valence-corrected chi connectivity index (χ4v) is 2.79. The quantitative estimate of drug-likeness (QED) is 0.944. The van der Waals surface area contributed by atoms with Gasteiger partial charge in [-0.05, 0) is 39.2 Å². The van der Waals surface area contributed by atoms with Gasteiger partial charge in [-0.15, -0.1) is 0 Å². The zero-order valence-corrected chi connectivity index (χ0v) is 13.9. The monoisotopic (exact) mass is 313 g/mol. The Morgan fingerprint density at radius 1 is 1.30 bits per heavy atom. The molecule has 1 atom stereocenters. The number of hydrogen-bond acceptors (Lipinski definition) is 3. The van der Waals surface area contributed by atoms with E-state index in [0.29, 0.717) is 6.61 Å². The first-order valence-corrected chi connectivity index (χ1v) is 8.03. The van der Waals surface area contributed by atoms with Gasteiger partial charge in [-0.3, -0.25) is 4.79 Å². The highest BCUT2D eigenvalue weighted by Crippen LogP contribution is 2.32. The molecule has 1 amide bonds. The maximum Gasteiger partial charge on any atom is 0.254 e. The van der Waals surface area contributed by atoms with E-state index in [4.69, 9.17) is 4.74 Å². The van der Waals surface area contributed by atoms with Crippen LogP contribution in [0, 0.1) is 0 Å². The first kappa shape index (κ1) is 15.7. The summed E-state index contributed by atoms with van der Waals surface area (Å²) < 4.78 is 7.36. The second-order valence-corrected chi connectivity index (χ2v) is 6.85. The van der Waals surface area contributed by atoms with E-state index in [1.54, 1.807) is 0 Å². The van der Waals surface area contributed by atoms with Gasteiger partial charge >= 0.3 is 0 Å². The van der Waals surface area contributed by atoms with Crippen LogP contribution in [0.3, 0.4) is 0 Å². The van der Waals surface area contributed by atoms with Gasteiger partial charge < -0.3 is 10.1 Å². The number of carbonyl (C=O) groups excluding carboxylic acids is 1. The summed E-state index contributed by atoms with van der Waals surface area (Å²) in [6.45, 7) is 6.85. The Labute approximate surface area is 136 Å². The molecule has 5 heteroatoms. The molecule has 1 aromatic carbocycles. The normalized spacial score (nSPS) is 18.1. The van der Waals surface area contributed by atoms with E-state index in [-0.39, 0.29) is 17.6 Å². The number of nitrogens with zero attached hydrogens (tertiary/aromatic N) is 2. The molecular weight excluding hydrogens is 290 g/mol. The molecule has 122 valence electrons. The molecule has 2 aromatic rings. The lowest BCUT2D eigenvalue weighted by Gasteiger charge is -2.23. The van der Waals surface area contributed by atoms with Gasteiger partial charge in [0.15, 0.2) is 0 Å². The molecular formula is C18H23N3O2. The lowest BCUT2D eigenvalue weighted by Crippen LogP contribution is -2.31. The van der Waals surface area contributed by atoms with E-state index in [2.05, 4.69) is 31.2 Å². The standard InChI is InChI=1S/C18H23N3O2/c1-18(2,3)21-16(20-17(22)15-10-7-11-23-15)14(12-19-21)13-8-5-4-6-9-13/h4-6,8-9,12,15H,7,10-11H2,1-3H3,(H,20,22)/t15-/m1/s1. The van der Waals surface area contributed by atoms with Gasteiger partial charge in [0.25, 0.3) is 5.91 Å². The number of aromatic nitrogens is 2. The SMILES string of the molecule is CC(C)(C)n1ncc(-c2ccccc2)c1NC(=O)[C@H]1CCCO1. The van der Waals surface area contributed by atoms with Gasteiger partial charge in [0, 0.05) is 12.2 Å². The number of carbonyl (C=O) groups is 1. The van der Waals surface area contributed by atoms with Crippen molar-refractivity contribution in [3.63, 3.8) is 0 Å². The van der Waals surface area contributed by atoms with E-state index < -0.39 is 0 Å². The number of hydrogen-bond donors (Lipinski definition) is 1. The van der Waals surface area contributed by atoms with Gasteiger partial charge in [-0.25, -0.2) is 4.68 Å². The first-order chi connectivity index (χ1) is 11.0. The van der Waals surface area contributed by atoms with Crippen LogP contribution in [0.2, 0.25) is 0 Å². The lowest BCUT2D eigenvalue weighted by atomic mass is 10.1. The van der Waals surface area contributed by atoms with Crippen molar-refractivity contribution in [2.75, 3.05) is 11.9 Å². The Kier molecular flexibility index (Phi) is 4.22. The maximum absolute atomic E-state index is 12.5. The van der Waals surface area contributed by atoms with Crippen molar-refractivity contribution in [2.24, 2.45) is 0 Å². The van der Waals surface area contributed by atoms with Gasteiger partial charge in [-0.2, -0.15) is 5.10 Å². The molecule has 1 aromatic heterocycles. The molecule has 1 aliphatic heterocycles. The molecule has 0 unspecified atom stereocenters. The van der Waals surface area contributed by atoms with Gasteiger partial charge in [-0.1, -0.05) is 30.3 Å². The van der Waals surface area contributed by atoms with Crippen LogP contribution in [0.5, 0.6) is 0 Å². The Bertz CT molecular complexity index is 680. The van der Waals surface area contributed by atoms with E-state index in [9.17, 15) is 4.79 Å². The third-order valence-corrected chi connectivity index (χ3v) is 3.95.